The van der Waals surface area contributed by atoms with Crippen LogP contribution in [0.5, 0.6) is 0 Å². The van der Waals surface area contributed by atoms with E-state index in [1.165, 1.54) is 19.3 Å². The Hall–Kier alpha value is -2.37. The van der Waals surface area contributed by atoms with Crippen molar-refractivity contribution < 1.29 is 9.32 Å². The van der Waals surface area contributed by atoms with Crippen LogP contribution < -0.4 is 4.90 Å². The van der Waals surface area contributed by atoms with Crippen molar-refractivity contribution in [1.29, 1.82) is 0 Å². The first-order chi connectivity index (χ1) is 12.7. The van der Waals surface area contributed by atoms with Crippen molar-refractivity contribution in [2.24, 2.45) is 5.41 Å². The number of carbonyl (C=O) groups is 1. The lowest BCUT2D eigenvalue weighted by Gasteiger charge is -2.48. The molecule has 0 unspecified atom stereocenters. The lowest BCUT2D eigenvalue weighted by molar-refractivity contribution is -0.138. The number of hydrogen-bond donors (Lipinski definition) is 0. The van der Waals surface area contributed by atoms with Crippen LogP contribution in [-0.2, 0) is 4.79 Å². The van der Waals surface area contributed by atoms with E-state index in [9.17, 15) is 4.79 Å². The fourth-order valence-corrected chi connectivity index (χ4v) is 4.52. The SMILES string of the molecule is O=C1CC[C@@]2(CCCN(c3noc(-c4ccccc4)n3)C2)CN1C1CC1. The van der Waals surface area contributed by atoms with Gasteiger partial charge in [-0.05, 0) is 49.4 Å². The minimum Gasteiger partial charge on any atom is -0.339 e. The summed E-state index contributed by atoms with van der Waals surface area (Å²) in [5.74, 6) is 1.60. The Labute approximate surface area is 153 Å². The third kappa shape index (κ3) is 2.87. The predicted octanol–water partition coefficient (Wildman–Crippen LogP) is 3.11. The number of benzene rings is 1. The van der Waals surface area contributed by atoms with Crippen molar-refractivity contribution >= 4 is 11.9 Å². The molecule has 1 atom stereocenters. The Bertz CT molecular complexity index is 801. The second-order valence-electron chi connectivity index (χ2n) is 8.04. The van der Waals surface area contributed by atoms with Crippen molar-refractivity contribution in [2.75, 3.05) is 24.5 Å². The number of amides is 1. The summed E-state index contributed by atoms with van der Waals surface area (Å²) >= 11 is 0. The fraction of sp³-hybridized carbons (Fsp3) is 0.550. The summed E-state index contributed by atoms with van der Waals surface area (Å²) in [7, 11) is 0. The summed E-state index contributed by atoms with van der Waals surface area (Å²) in [5.41, 5.74) is 1.13. The molecule has 1 spiro atoms. The topological polar surface area (TPSA) is 62.5 Å². The van der Waals surface area contributed by atoms with Gasteiger partial charge in [-0.3, -0.25) is 4.79 Å². The lowest BCUT2D eigenvalue weighted by Crippen LogP contribution is -2.54. The first-order valence-electron chi connectivity index (χ1n) is 9.66. The maximum absolute atomic E-state index is 12.3. The molecule has 0 bridgehead atoms. The smallest absolute Gasteiger partial charge is 0.266 e. The van der Waals surface area contributed by atoms with Gasteiger partial charge in [-0.15, -0.1) is 0 Å². The minimum atomic E-state index is 0.183. The highest BCUT2D eigenvalue weighted by atomic mass is 16.5. The van der Waals surface area contributed by atoms with Crippen LogP contribution in [0.3, 0.4) is 0 Å². The zero-order chi connectivity index (χ0) is 17.6. The molecule has 5 rings (SSSR count). The Kier molecular flexibility index (Phi) is 3.72. The van der Waals surface area contributed by atoms with E-state index in [-0.39, 0.29) is 5.41 Å². The number of aromatic nitrogens is 2. The summed E-state index contributed by atoms with van der Waals surface area (Å²) in [5, 5.41) is 4.23. The molecule has 1 saturated carbocycles. The second-order valence-corrected chi connectivity index (χ2v) is 8.04. The van der Waals surface area contributed by atoms with Crippen LogP contribution in [0.1, 0.15) is 38.5 Å². The molecule has 0 radical (unpaired) electrons. The number of likely N-dealkylation sites (tertiary alicyclic amines) is 1. The summed E-state index contributed by atoms with van der Waals surface area (Å²) < 4.78 is 5.50. The third-order valence-electron chi connectivity index (χ3n) is 6.06. The van der Waals surface area contributed by atoms with E-state index >= 15 is 0 Å². The average Bonchev–Trinajstić information content (AvgIpc) is 3.40. The molecule has 3 fully saturated rings. The number of nitrogens with zero attached hydrogens (tertiary/aromatic N) is 4. The Morgan fingerprint density at radius 1 is 1.12 bits per heavy atom. The van der Waals surface area contributed by atoms with Crippen LogP contribution in [0.2, 0.25) is 0 Å². The maximum atomic E-state index is 12.3. The van der Waals surface area contributed by atoms with Gasteiger partial charge in [-0.25, -0.2) is 0 Å². The average molecular weight is 352 g/mol. The molecule has 0 N–H and O–H groups in total. The van der Waals surface area contributed by atoms with Gasteiger partial charge in [0.1, 0.15) is 0 Å². The molecule has 6 nitrogen and oxygen atoms in total. The van der Waals surface area contributed by atoms with Gasteiger partial charge in [0.2, 0.25) is 5.91 Å². The molecule has 1 amide bonds. The van der Waals surface area contributed by atoms with E-state index in [1.54, 1.807) is 0 Å². The molecule has 6 heteroatoms. The van der Waals surface area contributed by atoms with Crippen molar-refractivity contribution in [3.05, 3.63) is 30.3 Å². The van der Waals surface area contributed by atoms with Crippen LogP contribution in [0.25, 0.3) is 11.5 Å². The number of rotatable bonds is 3. The highest BCUT2D eigenvalue weighted by Crippen LogP contribution is 2.43. The molecular weight excluding hydrogens is 328 g/mol. The van der Waals surface area contributed by atoms with Crippen LogP contribution in [0.15, 0.2) is 34.9 Å². The Morgan fingerprint density at radius 2 is 1.96 bits per heavy atom. The molecule has 3 aliphatic rings. The van der Waals surface area contributed by atoms with Gasteiger partial charge in [-0.1, -0.05) is 18.2 Å². The van der Waals surface area contributed by atoms with Crippen LogP contribution in [-0.4, -0.2) is 46.6 Å². The predicted molar refractivity (Wildman–Crippen MR) is 97.6 cm³/mol. The zero-order valence-electron chi connectivity index (χ0n) is 14.9. The quantitative estimate of drug-likeness (QED) is 0.849. The molecule has 1 aliphatic carbocycles. The first-order valence-corrected chi connectivity index (χ1v) is 9.66. The van der Waals surface area contributed by atoms with E-state index in [0.717, 1.165) is 38.0 Å². The molecule has 2 aromatic rings. The number of carbonyl (C=O) groups excluding carboxylic acids is 1. The molecular formula is C20H24N4O2. The molecule has 1 aromatic carbocycles. The second kappa shape index (κ2) is 6.11. The van der Waals surface area contributed by atoms with E-state index < -0.39 is 0 Å². The molecule has 2 saturated heterocycles. The molecule has 26 heavy (non-hydrogen) atoms. The summed E-state index contributed by atoms with van der Waals surface area (Å²) in [6.07, 6.45) is 6.32. The Morgan fingerprint density at radius 3 is 2.77 bits per heavy atom. The summed E-state index contributed by atoms with van der Waals surface area (Å²) in [6, 6.07) is 10.4. The van der Waals surface area contributed by atoms with E-state index in [2.05, 4.69) is 19.9 Å². The van der Waals surface area contributed by atoms with Gasteiger partial charge in [0, 0.05) is 43.1 Å². The fourth-order valence-electron chi connectivity index (χ4n) is 4.52. The van der Waals surface area contributed by atoms with Gasteiger partial charge in [0.15, 0.2) is 0 Å². The van der Waals surface area contributed by atoms with Crippen molar-refractivity contribution in [3.8, 4) is 11.5 Å². The van der Waals surface area contributed by atoms with Crippen molar-refractivity contribution in [3.63, 3.8) is 0 Å². The van der Waals surface area contributed by atoms with Crippen LogP contribution in [0, 0.1) is 5.41 Å². The van der Waals surface area contributed by atoms with E-state index in [4.69, 9.17) is 4.52 Å². The summed E-state index contributed by atoms with van der Waals surface area (Å²) in [6.45, 7) is 2.76. The van der Waals surface area contributed by atoms with Crippen molar-refractivity contribution in [2.45, 2.75) is 44.6 Å². The normalized spacial score (nSPS) is 26.5. The van der Waals surface area contributed by atoms with Crippen LogP contribution in [0.4, 0.5) is 5.95 Å². The third-order valence-corrected chi connectivity index (χ3v) is 6.06. The highest BCUT2D eigenvalue weighted by molar-refractivity contribution is 5.78. The van der Waals surface area contributed by atoms with Gasteiger partial charge >= 0.3 is 0 Å². The lowest BCUT2D eigenvalue weighted by atomic mass is 9.73. The van der Waals surface area contributed by atoms with Crippen molar-refractivity contribution in [1.82, 2.24) is 15.0 Å². The summed E-state index contributed by atoms with van der Waals surface area (Å²) in [4.78, 5) is 21.3. The zero-order valence-corrected chi connectivity index (χ0v) is 14.9. The largest absolute Gasteiger partial charge is 0.339 e. The molecule has 136 valence electrons. The van der Waals surface area contributed by atoms with E-state index in [1.807, 2.05) is 30.3 Å². The van der Waals surface area contributed by atoms with Gasteiger partial charge in [-0.2, -0.15) is 4.98 Å². The van der Waals surface area contributed by atoms with Crippen LogP contribution >= 0.6 is 0 Å². The number of hydrogen-bond acceptors (Lipinski definition) is 5. The van der Waals surface area contributed by atoms with Gasteiger partial charge in [0.25, 0.3) is 11.8 Å². The number of piperidine rings is 2. The molecule has 3 heterocycles. The standard InChI is InChI=1S/C20H24N4O2/c25-17-9-11-20(14-24(17)16-7-8-16)10-4-12-23(13-20)19-21-18(26-22-19)15-5-2-1-3-6-15/h1-3,5-6,16H,4,7-14H2/t20-/m1/s1. The highest BCUT2D eigenvalue weighted by Gasteiger charge is 2.46. The maximum Gasteiger partial charge on any atom is 0.266 e. The molecule has 1 aromatic heterocycles. The monoisotopic (exact) mass is 352 g/mol. The number of anilines is 1. The molecule has 2 aliphatic heterocycles. The Balaban J connectivity index is 1.35. The van der Waals surface area contributed by atoms with Gasteiger partial charge in [0.05, 0.1) is 0 Å². The minimum absolute atomic E-state index is 0.183. The van der Waals surface area contributed by atoms with Gasteiger partial charge < -0.3 is 14.3 Å². The van der Waals surface area contributed by atoms with E-state index in [0.29, 0.717) is 30.2 Å². The first kappa shape index (κ1) is 15.9.